The van der Waals surface area contributed by atoms with Crippen LogP contribution in [0.3, 0.4) is 0 Å². The average Bonchev–Trinajstić information content (AvgIpc) is 2.76. The summed E-state index contributed by atoms with van der Waals surface area (Å²) in [7, 11) is -4.26. The summed E-state index contributed by atoms with van der Waals surface area (Å²) >= 11 is 0.684. The van der Waals surface area contributed by atoms with Gasteiger partial charge in [0.2, 0.25) is 10.0 Å². The number of carboxylic acids is 1. The van der Waals surface area contributed by atoms with Crippen LogP contribution in [0.4, 0.5) is 8.78 Å². The third-order valence-electron chi connectivity index (χ3n) is 2.23. The zero-order valence-corrected chi connectivity index (χ0v) is 12.0. The fourth-order valence-corrected chi connectivity index (χ4v) is 4.03. The number of nitrogens with zero attached hydrogens (tertiary/aromatic N) is 1. The molecule has 114 valence electrons. The zero-order valence-electron chi connectivity index (χ0n) is 10.4. The first-order valence-corrected chi connectivity index (χ1v) is 7.74. The topological polar surface area (TPSA) is 94.9 Å². The average molecular weight is 329 g/mol. The highest BCUT2D eigenvalue weighted by Gasteiger charge is 2.29. The van der Waals surface area contributed by atoms with Crippen LogP contribution in [0.1, 0.15) is 16.6 Å². The highest BCUT2D eigenvalue weighted by molar-refractivity contribution is 7.89. The van der Waals surface area contributed by atoms with Crippen molar-refractivity contribution >= 4 is 27.3 Å². The molecule has 0 aliphatic carbocycles. The molecule has 1 rings (SSSR count). The van der Waals surface area contributed by atoms with Gasteiger partial charge < -0.3 is 10.2 Å². The van der Waals surface area contributed by atoms with Crippen molar-refractivity contribution < 1.29 is 32.2 Å². The lowest BCUT2D eigenvalue weighted by atomic mass is 10.4. The van der Waals surface area contributed by atoms with Gasteiger partial charge in [-0.25, -0.2) is 22.0 Å². The van der Waals surface area contributed by atoms with Crippen LogP contribution < -0.4 is 0 Å². The van der Waals surface area contributed by atoms with E-state index < -0.39 is 41.6 Å². The Kier molecular flexibility index (Phi) is 5.57. The van der Waals surface area contributed by atoms with Crippen molar-refractivity contribution in [2.45, 2.75) is 24.3 Å². The number of aliphatic hydroxyl groups excluding tert-OH is 1. The van der Waals surface area contributed by atoms with E-state index in [1.165, 1.54) is 6.92 Å². The van der Waals surface area contributed by atoms with Crippen LogP contribution in [0.5, 0.6) is 0 Å². The highest BCUT2D eigenvalue weighted by atomic mass is 32.2. The molecule has 1 atom stereocenters. The van der Waals surface area contributed by atoms with Crippen LogP contribution in [0.15, 0.2) is 16.3 Å². The first kappa shape index (κ1) is 17.0. The van der Waals surface area contributed by atoms with Gasteiger partial charge in [-0.05, 0) is 13.0 Å². The summed E-state index contributed by atoms with van der Waals surface area (Å²) in [6.07, 6.45) is -4.03. The van der Waals surface area contributed by atoms with Gasteiger partial charge in [-0.2, -0.15) is 4.31 Å². The van der Waals surface area contributed by atoms with Crippen LogP contribution in [-0.2, 0) is 10.0 Å². The van der Waals surface area contributed by atoms with Gasteiger partial charge >= 0.3 is 5.97 Å². The number of sulfonamides is 1. The molecule has 0 spiro atoms. The standard InChI is InChI=1S/C10H13F2NO5S2/c1-6(14)3-13(4-9(11)12)20(17,18)7-2-8(10(15)16)19-5-7/h2,5-6,9,14H,3-4H2,1H3,(H,15,16). The maximum Gasteiger partial charge on any atom is 0.345 e. The fraction of sp³-hybridized carbons (Fsp3) is 0.500. The minimum atomic E-state index is -4.26. The summed E-state index contributed by atoms with van der Waals surface area (Å²) in [6.45, 7) is -0.291. The number of hydrogen-bond donors (Lipinski definition) is 2. The number of halogens is 2. The number of alkyl halides is 2. The number of carbonyl (C=O) groups is 1. The minimum Gasteiger partial charge on any atom is -0.477 e. The van der Waals surface area contributed by atoms with E-state index in [0.29, 0.717) is 15.6 Å². The summed E-state index contributed by atoms with van der Waals surface area (Å²) in [5.41, 5.74) is 0. The molecule has 20 heavy (non-hydrogen) atoms. The number of carboxylic acid groups (broad SMARTS) is 1. The first-order valence-electron chi connectivity index (χ1n) is 5.42. The Morgan fingerprint density at radius 1 is 1.45 bits per heavy atom. The van der Waals surface area contributed by atoms with Gasteiger partial charge in [0.1, 0.15) is 4.88 Å². The fourth-order valence-electron chi connectivity index (χ4n) is 1.43. The van der Waals surface area contributed by atoms with E-state index in [1.807, 2.05) is 0 Å². The summed E-state index contributed by atoms with van der Waals surface area (Å²) in [6, 6.07) is 0.906. The molecule has 2 N–H and O–H groups in total. The Balaban J connectivity index is 3.10. The summed E-state index contributed by atoms with van der Waals surface area (Å²) < 4.78 is 49.6. The van der Waals surface area contributed by atoms with Crippen molar-refractivity contribution in [1.82, 2.24) is 4.31 Å². The molecule has 0 aliphatic rings. The van der Waals surface area contributed by atoms with Crippen LogP contribution in [0.25, 0.3) is 0 Å². The van der Waals surface area contributed by atoms with Crippen molar-refractivity contribution in [2.24, 2.45) is 0 Å². The molecule has 1 aromatic rings. The smallest absolute Gasteiger partial charge is 0.345 e. The monoisotopic (exact) mass is 329 g/mol. The molecular formula is C10H13F2NO5S2. The van der Waals surface area contributed by atoms with Crippen molar-refractivity contribution in [2.75, 3.05) is 13.1 Å². The van der Waals surface area contributed by atoms with Crippen molar-refractivity contribution in [3.05, 3.63) is 16.3 Å². The summed E-state index contributed by atoms with van der Waals surface area (Å²) in [4.78, 5) is 10.1. The maximum atomic E-state index is 12.4. The summed E-state index contributed by atoms with van der Waals surface area (Å²) in [5, 5.41) is 19.0. The largest absolute Gasteiger partial charge is 0.477 e. The third-order valence-corrected chi connectivity index (χ3v) is 5.11. The van der Waals surface area contributed by atoms with Gasteiger partial charge in [0, 0.05) is 11.9 Å². The molecule has 0 radical (unpaired) electrons. The predicted octanol–water partition coefficient (Wildman–Crippen LogP) is 1.08. The summed E-state index contributed by atoms with van der Waals surface area (Å²) in [5.74, 6) is -1.30. The molecule has 0 amide bonds. The van der Waals surface area contributed by atoms with E-state index in [9.17, 15) is 27.1 Å². The van der Waals surface area contributed by atoms with E-state index in [-0.39, 0.29) is 9.77 Å². The highest BCUT2D eigenvalue weighted by Crippen LogP contribution is 2.23. The predicted molar refractivity (Wildman–Crippen MR) is 67.7 cm³/mol. The lowest BCUT2D eigenvalue weighted by Crippen LogP contribution is -2.39. The van der Waals surface area contributed by atoms with E-state index in [4.69, 9.17) is 5.11 Å². The van der Waals surface area contributed by atoms with Gasteiger partial charge in [-0.1, -0.05) is 0 Å². The first-order chi connectivity index (χ1) is 9.14. The number of hydrogen-bond acceptors (Lipinski definition) is 5. The molecule has 0 saturated heterocycles. The number of aliphatic hydroxyl groups is 1. The second-order valence-corrected chi connectivity index (χ2v) is 6.86. The van der Waals surface area contributed by atoms with Crippen LogP contribution in [0, 0.1) is 0 Å². The second-order valence-electron chi connectivity index (χ2n) is 4.01. The van der Waals surface area contributed by atoms with E-state index in [2.05, 4.69) is 0 Å². The normalized spacial score (nSPS) is 13.9. The van der Waals surface area contributed by atoms with Crippen molar-refractivity contribution in [1.29, 1.82) is 0 Å². The van der Waals surface area contributed by atoms with Gasteiger partial charge in [0.25, 0.3) is 6.43 Å². The Bertz CT molecular complexity index is 560. The van der Waals surface area contributed by atoms with Gasteiger partial charge in [0.05, 0.1) is 17.5 Å². The third kappa shape index (κ3) is 4.20. The molecule has 10 heteroatoms. The number of thiophene rings is 1. The zero-order chi connectivity index (χ0) is 15.5. The maximum absolute atomic E-state index is 12.4. The molecule has 0 aromatic carbocycles. The quantitative estimate of drug-likeness (QED) is 0.780. The molecule has 0 fully saturated rings. The van der Waals surface area contributed by atoms with E-state index in [1.54, 1.807) is 0 Å². The van der Waals surface area contributed by atoms with Crippen LogP contribution >= 0.6 is 11.3 Å². The Labute approximate surface area is 118 Å². The van der Waals surface area contributed by atoms with Crippen molar-refractivity contribution in [3.8, 4) is 0 Å². The lowest BCUT2D eigenvalue weighted by molar-refractivity contribution is 0.0701. The van der Waals surface area contributed by atoms with Crippen molar-refractivity contribution in [3.63, 3.8) is 0 Å². The van der Waals surface area contributed by atoms with Gasteiger partial charge in [0.15, 0.2) is 0 Å². The Morgan fingerprint density at radius 2 is 2.05 bits per heavy atom. The second kappa shape index (κ2) is 6.57. The van der Waals surface area contributed by atoms with E-state index >= 15 is 0 Å². The van der Waals surface area contributed by atoms with Crippen LogP contribution in [-0.4, -0.2) is 54.5 Å². The SMILES string of the molecule is CC(O)CN(CC(F)F)S(=O)(=O)c1csc(C(=O)O)c1. The minimum absolute atomic E-state index is 0.211. The molecule has 0 aliphatic heterocycles. The molecule has 1 unspecified atom stereocenters. The Hall–Kier alpha value is -1.10. The number of rotatable bonds is 7. The number of aromatic carboxylic acids is 1. The molecule has 0 saturated carbocycles. The van der Waals surface area contributed by atoms with Gasteiger partial charge in [-0.3, -0.25) is 0 Å². The van der Waals surface area contributed by atoms with E-state index in [0.717, 1.165) is 11.4 Å². The molecule has 1 aromatic heterocycles. The molecular weight excluding hydrogens is 316 g/mol. The van der Waals surface area contributed by atoms with Crippen LogP contribution in [0.2, 0.25) is 0 Å². The lowest BCUT2D eigenvalue weighted by Gasteiger charge is -2.22. The molecule has 0 bridgehead atoms. The molecule has 1 heterocycles. The Morgan fingerprint density at radius 3 is 2.45 bits per heavy atom. The molecule has 6 nitrogen and oxygen atoms in total. The van der Waals surface area contributed by atoms with Gasteiger partial charge in [-0.15, -0.1) is 11.3 Å².